The third kappa shape index (κ3) is 1.73. The first-order valence-corrected chi connectivity index (χ1v) is 11.1. The van der Waals surface area contributed by atoms with Gasteiger partial charge in [-0.15, -0.1) is 0 Å². The molecule has 150 valence electrons. The molecule has 0 radical (unpaired) electrons. The summed E-state index contributed by atoms with van der Waals surface area (Å²) in [5.74, 6) is 1.15. The first-order valence-electron chi connectivity index (χ1n) is 11.1. The van der Waals surface area contributed by atoms with Crippen molar-refractivity contribution in [3.8, 4) is 0 Å². The largest absolute Gasteiger partial charge is 0.390 e. The van der Waals surface area contributed by atoms with Crippen LogP contribution in [0.1, 0.15) is 65.7 Å². The Balaban J connectivity index is 1.34. The molecule has 0 amide bonds. The molecule has 0 aromatic carbocycles. The zero-order chi connectivity index (χ0) is 18.9. The van der Waals surface area contributed by atoms with Crippen molar-refractivity contribution in [1.29, 1.82) is 0 Å². The lowest BCUT2D eigenvalue weighted by atomic mass is 9.47. The minimum Gasteiger partial charge on any atom is -0.390 e. The van der Waals surface area contributed by atoms with Gasteiger partial charge in [-0.1, -0.05) is 25.5 Å². The number of hydrogen-bond acceptors (Lipinski definition) is 4. The Kier molecular flexibility index (Phi) is 3.12. The van der Waals surface area contributed by atoms with Crippen molar-refractivity contribution in [1.82, 2.24) is 0 Å². The molecule has 6 aliphatic rings. The van der Waals surface area contributed by atoms with E-state index in [0.29, 0.717) is 31.0 Å². The molecule has 0 bridgehead atoms. The van der Waals surface area contributed by atoms with Crippen LogP contribution >= 0.6 is 0 Å². The van der Waals surface area contributed by atoms with E-state index in [1.165, 1.54) is 19.3 Å². The van der Waals surface area contributed by atoms with Crippen molar-refractivity contribution in [2.45, 2.75) is 83.2 Å². The minimum absolute atomic E-state index is 0.0173. The predicted octanol–water partition coefficient (Wildman–Crippen LogP) is 3.41. The number of aliphatic hydroxyl groups is 2. The van der Waals surface area contributed by atoms with E-state index in [1.807, 2.05) is 0 Å². The summed E-state index contributed by atoms with van der Waals surface area (Å²) in [7, 11) is 0. The second kappa shape index (κ2) is 4.83. The molecule has 6 rings (SSSR count). The number of rotatable bonds is 1. The van der Waals surface area contributed by atoms with Gasteiger partial charge in [0.05, 0.1) is 24.9 Å². The molecule has 4 saturated carbocycles. The van der Waals surface area contributed by atoms with Gasteiger partial charge in [-0.25, -0.2) is 0 Å². The highest BCUT2D eigenvalue weighted by Gasteiger charge is 2.84. The lowest BCUT2D eigenvalue weighted by Gasteiger charge is -2.57. The SMILES string of the molecule is CC1([C@H]2CC=C3[C@@H]4CC[C@]56CC5(O)C(O)C[C@]6(C)[C@H]4CC[C@@]32C)OCCO1. The maximum Gasteiger partial charge on any atom is 0.169 e. The topological polar surface area (TPSA) is 58.9 Å². The molecular weight excluding hydrogens is 340 g/mol. The van der Waals surface area contributed by atoms with Crippen LogP contribution < -0.4 is 0 Å². The molecule has 5 aliphatic carbocycles. The molecule has 27 heavy (non-hydrogen) atoms. The number of allylic oxidation sites excluding steroid dienone is 2. The van der Waals surface area contributed by atoms with Crippen LogP contribution in [0.3, 0.4) is 0 Å². The fourth-order valence-electron chi connectivity index (χ4n) is 9.16. The molecule has 0 aromatic heterocycles. The number of aliphatic hydroxyl groups excluding tert-OH is 1. The van der Waals surface area contributed by atoms with Gasteiger partial charge in [0.15, 0.2) is 5.79 Å². The van der Waals surface area contributed by atoms with Crippen LogP contribution in [0.2, 0.25) is 0 Å². The fourth-order valence-corrected chi connectivity index (χ4v) is 9.16. The van der Waals surface area contributed by atoms with Gasteiger partial charge in [0.25, 0.3) is 0 Å². The Morgan fingerprint density at radius 1 is 1.07 bits per heavy atom. The third-order valence-corrected chi connectivity index (χ3v) is 10.6. The number of hydrogen-bond donors (Lipinski definition) is 2. The van der Waals surface area contributed by atoms with Crippen LogP contribution in [0.15, 0.2) is 11.6 Å². The van der Waals surface area contributed by atoms with Gasteiger partial charge in [-0.3, -0.25) is 0 Å². The van der Waals surface area contributed by atoms with Gasteiger partial charge in [-0.2, -0.15) is 0 Å². The van der Waals surface area contributed by atoms with Gasteiger partial charge >= 0.3 is 0 Å². The van der Waals surface area contributed by atoms with E-state index >= 15 is 0 Å². The van der Waals surface area contributed by atoms with E-state index in [-0.39, 0.29) is 16.2 Å². The molecule has 1 spiro atoms. The van der Waals surface area contributed by atoms with E-state index in [1.54, 1.807) is 5.57 Å². The highest BCUT2D eigenvalue weighted by atomic mass is 16.7. The maximum atomic E-state index is 11.0. The lowest BCUT2D eigenvalue weighted by Crippen LogP contribution is -2.52. The summed E-state index contributed by atoms with van der Waals surface area (Å²) >= 11 is 0. The zero-order valence-corrected chi connectivity index (χ0v) is 17.0. The number of fused-ring (bicyclic) bond motifs is 4. The Morgan fingerprint density at radius 3 is 2.52 bits per heavy atom. The van der Waals surface area contributed by atoms with Crippen LogP contribution in [0.4, 0.5) is 0 Å². The Labute approximate surface area is 162 Å². The molecular formula is C23H34O4. The van der Waals surface area contributed by atoms with Crippen LogP contribution in [0.5, 0.6) is 0 Å². The maximum absolute atomic E-state index is 11.0. The van der Waals surface area contributed by atoms with E-state index in [2.05, 4.69) is 26.8 Å². The average Bonchev–Trinajstić information content (AvgIpc) is 2.90. The van der Waals surface area contributed by atoms with Crippen molar-refractivity contribution in [3.63, 3.8) is 0 Å². The van der Waals surface area contributed by atoms with Crippen molar-refractivity contribution in [2.75, 3.05) is 13.2 Å². The molecule has 1 saturated heterocycles. The number of ether oxygens (including phenoxy) is 2. The molecule has 2 unspecified atom stereocenters. The van der Waals surface area contributed by atoms with E-state index in [9.17, 15) is 10.2 Å². The highest BCUT2D eigenvalue weighted by molar-refractivity contribution is 5.38. The molecule has 0 aromatic rings. The van der Waals surface area contributed by atoms with Crippen LogP contribution in [0, 0.1) is 34.0 Å². The fraction of sp³-hybridized carbons (Fsp3) is 0.913. The van der Waals surface area contributed by atoms with E-state index < -0.39 is 17.5 Å². The minimum atomic E-state index is -0.793. The Morgan fingerprint density at radius 2 is 1.81 bits per heavy atom. The van der Waals surface area contributed by atoms with E-state index in [4.69, 9.17) is 9.47 Å². The normalized spacial score (nSPS) is 60.3. The standard InChI is InChI=1S/C23H34O4/c1-19-8-7-16-14(15(19)4-5-17(19)21(3)26-10-11-27-21)6-9-22-13-23(22,25)18(24)12-20(16,22)2/h4,14,16-18,24-25H,5-13H2,1-3H3/t14-,16-,17-,18?,19-,20+,22+,23?/m0/s1. The Hall–Kier alpha value is -0.420. The first kappa shape index (κ1) is 17.4. The quantitative estimate of drug-likeness (QED) is 0.691. The average molecular weight is 375 g/mol. The molecule has 1 heterocycles. The lowest BCUT2D eigenvalue weighted by molar-refractivity contribution is -0.205. The van der Waals surface area contributed by atoms with Gasteiger partial charge in [0, 0.05) is 11.3 Å². The second-order valence-corrected chi connectivity index (χ2v) is 11.2. The summed E-state index contributed by atoms with van der Waals surface area (Å²) in [6.07, 6.45) is 9.26. The molecule has 2 N–H and O–H groups in total. The predicted molar refractivity (Wildman–Crippen MR) is 101 cm³/mol. The van der Waals surface area contributed by atoms with Gasteiger partial charge < -0.3 is 19.7 Å². The summed E-state index contributed by atoms with van der Waals surface area (Å²) in [5, 5.41) is 21.7. The molecule has 5 fully saturated rings. The monoisotopic (exact) mass is 374 g/mol. The summed E-state index contributed by atoms with van der Waals surface area (Å²) < 4.78 is 12.2. The zero-order valence-electron chi connectivity index (χ0n) is 17.0. The molecule has 8 atom stereocenters. The van der Waals surface area contributed by atoms with Crippen LogP contribution in [-0.4, -0.2) is 40.9 Å². The summed E-state index contributed by atoms with van der Waals surface area (Å²) in [6.45, 7) is 8.40. The van der Waals surface area contributed by atoms with Crippen molar-refractivity contribution in [3.05, 3.63) is 11.6 Å². The first-order chi connectivity index (χ1) is 12.7. The third-order valence-electron chi connectivity index (χ3n) is 10.6. The molecule has 4 heteroatoms. The van der Waals surface area contributed by atoms with E-state index in [0.717, 1.165) is 25.7 Å². The summed E-state index contributed by atoms with van der Waals surface area (Å²) in [4.78, 5) is 0. The van der Waals surface area contributed by atoms with Gasteiger partial charge in [0.2, 0.25) is 0 Å². The smallest absolute Gasteiger partial charge is 0.169 e. The van der Waals surface area contributed by atoms with Gasteiger partial charge in [0.1, 0.15) is 0 Å². The van der Waals surface area contributed by atoms with Crippen molar-refractivity contribution in [2.24, 2.45) is 34.0 Å². The van der Waals surface area contributed by atoms with Crippen molar-refractivity contribution < 1.29 is 19.7 Å². The van der Waals surface area contributed by atoms with Crippen molar-refractivity contribution >= 4 is 0 Å². The van der Waals surface area contributed by atoms with Crippen LogP contribution in [0.25, 0.3) is 0 Å². The van der Waals surface area contributed by atoms with Gasteiger partial charge in [-0.05, 0) is 74.5 Å². The second-order valence-electron chi connectivity index (χ2n) is 11.2. The highest BCUT2D eigenvalue weighted by Crippen LogP contribution is 2.83. The Bertz CT molecular complexity index is 726. The summed E-state index contributed by atoms with van der Waals surface area (Å²) in [6, 6.07) is 0. The summed E-state index contributed by atoms with van der Waals surface area (Å²) in [5.41, 5.74) is 1.08. The van der Waals surface area contributed by atoms with Crippen LogP contribution in [-0.2, 0) is 9.47 Å². The molecule has 1 aliphatic heterocycles. The molecule has 4 nitrogen and oxygen atoms in total.